The summed E-state index contributed by atoms with van der Waals surface area (Å²) in [6.07, 6.45) is 6.69. The Hall–Kier alpha value is -2.80. The summed E-state index contributed by atoms with van der Waals surface area (Å²) in [5.74, 6) is -0.145. The summed E-state index contributed by atoms with van der Waals surface area (Å²) in [5, 5.41) is 14.2. The van der Waals surface area contributed by atoms with Crippen LogP contribution >= 0.6 is 0 Å². The first-order valence-corrected chi connectivity index (χ1v) is 6.69. The van der Waals surface area contributed by atoms with E-state index in [1.165, 1.54) is 6.21 Å². The first-order valence-electron chi connectivity index (χ1n) is 6.69. The van der Waals surface area contributed by atoms with Crippen molar-refractivity contribution in [1.29, 1.82) is 0 Å². The second-order valence-corrected chi connectivity index (χ2v) is 4.49. The fourth-order valence-electron chi connectivity index (χ4n) is 1.91. The highest BCUT2D eigenvalue weighted by Gasteiger charge is 2.11. The van der Waals surface area contributed by atoms with Crippen LogP contribution in [0.5, 0.6) is 0 Å². The van der Waals surface area contributed by atoms with Gasteiger partial charge in [-0.3, -0.25) is 9.53 Å². The van der Waals surface area contributed by atoms with Crippen molar-refractivity contribution in [2.75, 3.05) is 7.05 Å². The van der Waals surface area contributed by atoms with Crippen LogP contribution in [-0.2, 0) is 18.2 Å². The molecule has 114 valence electrons. The minimum absolute atomic E-state index is 0.145. The molecule has 0 radical (unpaired) electrons. The predicted octanol–water partition coefficient (Wildman–Crippen LogP) is 0.0611. The van der Waals surface area contributed by atoms with Crippen LogP contribution in [-0.4, -0.2) is 24.4 Å². The number of nitrogens with one attached hydrogen (secondary N) is 1. The second kappa shape index (κ2) is 7.84. The smallest absolute Gasteiger partial charge is 0.258 e. The Labute approximate surface area is 128 Å². The molecule has 0 atom stereocenters. The minimum Gasteiger partial charge on any atom is -0.411 e. The van der Waals surface area contributed by atoms with Crippen LogP contribution in [0.3, 0.4) is 0 Å². The maximum atomic E-state index is 11.6. The van der Waals surface area contributed by atoms with E-state index in [0.717, 1.165) is 0 Å². The lowest BCUT2D eigenvalue weighted by atomic mass is 10.3. The van der Waals surface area contributed by atoms with E-state index in [-0.39, 0.29) is 5.91 Å². The Morgan fingerprint density at radius 3 is 2.95 bits per heavy atom. The van der Waals surface area contributed by atoms with Crippen molar-refractivity contribution in [3.05, 3.63) is 60.2 Å². The zero-order valence-electron chi connectivity index (χ0n) is 12.2. The monoisotopic (exact) mass is 302 g/mol. The lowest BCUT2D eigenvalue weighted by molar-refractivity contribution is -0.788. The predicted molar refractivity (Wildman–Crippen MR) is 77.1 cm³/mol. The van der Waals surface area contributed by atoms with Gasteiger partial charge in [0.05, 0.1) is 0 Å². The molecule has 0 aliphatic carbocycles. The van der Waals surface area contributed by atoms with Crippen molar-refractivity contribution in [3.63, 3.8) is 0 Å². The van der Waals surface area contributed by atoms with Gasteiger partial charge in [0, 0.05) is 25.2 Å². The molecule has 2 rings (SSSR count). The van der Waals surface area contributed by atoms with Gasteiger partial charge in [-0.05, 0) is 12.1 Å². The molecule has 0 aliphatic rings. The largest absolute Gasteiger partial charge is 0.411 e. The van der Waals surface area contributed by atoms with E-state index < -0.39 is 0 Å². The summed E-state index contributed by atoms with van der Waals surface area (Å²) < 4.78 is 9.18. The molecular formula is C15H18N4O3+2. The van der Waals surface area contributed by atoms with Gasteiger partial charge >= 0.3 is 0 Å². The van der Waals surface area contributed by atoms with Gasteiger partial charge < -0.3 is 10.5 Å². The van der Waals surface area contributed by atoms with Crippen molar-refractivity contribution in [1.82, 2.24) is 5.32 Å². The Balaban J connectivity index is 1.98. The third kappa shape index (κ3) is 4.10. The van der Waals surface area contributed by atoms with Gasteiger partial charge in [-0.25, -0.2) is 0 Å². The van der Waals surface area contributed by atoms with Crippen LogP contribution in [0.4, 0.5) is 0 Å². The number of aromatic nitrogens is 2. The molecule has 0 unspecified atom stereocenters. The highest BCUT2D eigenvalue weighted by molar-refractivity contribution is 5.93. The van der Waals surface area contributed by atoms with Crippen LogP contribution in [0.15, 0.2) is 54.1 Å². The van der Waals surface area contributed by atoms with Crippen molar-refractivity contribution in [2.24, 2.45) is 5.16 Å². The maximum absolute atomic E-state index is 11.6. The van der Waals surface area contributed by atoms with Gasteiger partial charge in [-0.15, -0.1) is 0 Å². The number of rotatable bonds is 6. The first-order chi connectivity index (χ1) is 10.7. The van der Waals surface area contributed by atoms with Crippen LogP contribution in [0, 0.1) is 0 Å². The minimum atomic E-state index is -0.145. The normalized spacial score (nSPS) is 10.8. The van der Waals surface area contributed by atoms with E-state index in [1.807, 2.05) is 30.6 Å². The molecule has 22 heavy (non-hydrogen) atoms. The zero-order chi connectivity index (χ0) is 15.8. The van der Waals surface area contributed by atoms with Crippen LogP contribution in [0.1, 0.15) is 16.1 Å². The number of ether oxygens (including phenoxy) is 1. The van der Waals surface area contributed by atoms with Gasteiger partial charge in [0.15, 0.2) is 18.6 Å². The molecule has 0 saturated heterocycles. The van der Waals surface area contributed by atoms with E-state index in [4.69, 9.17) is 9.94 Å². The number of oxime groups is 1. The van der Waals surface area contributed by atoms with Gasteiger partial charge in [-0.2, -0.15) is 9.13 Å². The third-order valence-electron chi connectivity index (χ3n) is 2.98. The molecule has 0 fully saturated rings. The van der Waals surface area contributed by atoms with Crippen LogP contribution in [0.25, 0.3) is 0 Å². The standard InChI is InChI=1S/C15H16N4O3/c1-16-15(20)13-5-4-7-18(10-13)11-22-12-19-8-3-2-6-14(19)9-17-21/h2-10H,11-12H2,1H3/p+2. The lowest BCUT2D eigenvalue weighted by Gasteiger charge is -2.01. The fraction of sp³-hybridized carbons (Fsp3) is 0.200. The van der Waals surface area contributed by atoms with E-state index in [0.29, 0.717) is 24.7 Å². The molecule has 2 aromatic heterocycles. The highest BCUT2D eigenvalue weighted by atomic mass is 16.5. The molecular weight excluding hydrogens is 284 g/mol. The quantitative estimate of drug-likeness (QED) is 0.343. The average Bonchev–Trinajstić information content (AvgIpc) is 2.56. The summed E-state index contributed by atoms with van der Waals surface area (Å²) in [4.78, 5) is 11.6. The number of hydrogen-bond donors (Lipinski definition) is 2. The summed E-state index contributed by atoms with van der Waals surface area (Å²) in [6.45, 7) is 0.585. The van der Waals surface area contributed by atoms with E-state index >= 15 is 0 Å². The second-order valence-electron chi connectivity index (χ2n) is 4.49. The summed E-state index contributed by atoms with van der Waals surface area (Å²) in [6, 6.07) is 9.03. The zero-order valence-corrected chi connectivity index (χ0v) is 12.2. The third-order valence-corrected chi connectivity index (χ3v) is 2.98. The van der Waals surface area contributed by atoms with Crippen LogP contribution in [0.2, 0.25) is 0 Å². The number of nitrogens with zero attached hydrogens (tertiary/aromatic N) is 3. The molecule has 2 N–H and O–H groups in total. The molecule has 0 saturated carbocycles. The molecule has 0 aromatic carbocycles. The Kier molecular flexibility index (Phi) is 5.56. The van der Waals surface area contributed by atoms with Gasteiger partial charge in [0.25, 0.3) is 19.4 Å². The average molecular weight is 302 g/mol. The summed E-state index contributed by atoms with van der Waals surface area (Å²) >= 11 is 0. The van der Waals surface area contributed by atoms with Crippen molar-refractivity contribution in [2.45, 2.75) is 13.5 Å². The van der Waals surface area contributed by atoms with Crippen LogP contribution < -0.4 is 14.5 Å². The molecule has 0 spiro atoms. The summed E-state index contributed by atoms with van der Waals surface area (Å²) in [5.41, 5.74) is 1.28. The van der Waals surface area contributed by atoms with Gasteiger partial charge in [0.1, 0.15) is 11.8 Å². The Bertz CT molecular complexity index is 673. The first kappa shape index (κ1) is 15.6. The number of amides is 1. The number of carbonyl (C=O) groups is 1. The number of hydrogen-bond acceptors (Lipinski definition) is 4. The van der Waals surface area contributed by atoms with E-state index in [2.05, 4.69) is 10.5 Å². The SMILES string of the molecule is CNC(=O)c1ccc[n+](COC[n+]2ccccc2/C=N\O)c1. The maximum Gasteiger partial charge on any atom is 0.258 e. The molecule has 0 bridgehead atoms. The molecule has 2 heterocycles. The molecule has 7 nitrogen and oxygen atoms in total. The Morgan fingerprint density at radius 2 is 2.18 bits per heavy atom. The van der Waals surface area contributed by atoms with E-state index in [9.17, 15) is 4.79 Å². The number of pyridine rings is 2. The molecule has 2 aromatic rings. The summed E-state index contributed by atoms with van der Waals surface area (Å²) in [7, 11) is 1.59. The fourth-order valence-corrected chi connectivity index (χ4v) is 1.91. The van der Waals surface area contributed by atoms with Gasteiger partial charge in [0.2, 0.25) is 5.69 Å². The molecule has 1 amide bonds. The Morgan fingerprint density at radius 1 is 1.32 bits per heavy atom. The molecule has 7 heteroatoms. The van der Waals surface area contributed by atoms with Crippen molar-refractivity contribution >= 4 is 12.1 Å². The van der Waals surface area contributed by atoms with Gasteiger partial charge in [-0.1, -0.05) is 5.16 Å². The number of carbonyl (C=O) groups excluding carboxylic acids is 1. The van der Waals surface area contributed by atoms with E-state index in [1.54, 1.807) is 34.5 Å². The van der Waals surface area contributed by atoms with Crippen molar-refractivity contribution < 1.29 is 23.9 Å². The van der Waals surface area contributed by atoms with Crippen molar-refractivity contribution in [3.8, 4) is 0 Å². The highest BCUT2D eigenvalue weighted by Crippen LogP contribution is 1.94. The molecule has 0 aliphatic heterocycles. The topological polar surface area (TPSA) is 78.7 Å². The lowest BCUT2D eigenvalue weighted by Crippen LogP contribution is -2.43.